The predicted octanol–water partition coefficient (Wildman–Crippen LogP) is 5.56. The van der Waals surface area contributed by atoms with Crippen LogP contribution in [0.5, 0.6) is 5.75 Å². The number of para-hydroxylation sites is 3. The molecule has 1 heterocycles. The fourth-order valence-electron chi connectivity index (χ4n) is 3.20. The number of imidazole rings is 1. The first kappa shape index (κ1) is 16.4. The Morgan fingerprint density at radius 2 is 1.54 bits per heavy atom. The molecule has 1 aromatic heterocycles. The van der Waals surface area contributed by atoms with Crippen LogP contribution in [0.1, 0.15) is 12.8 Å². The highest BCUT2D eigenvalue weighted by Crippen LogP contribution is 2.29. The summed E-state index contributed by atoms with van der Waals surface area (Å²) in [7, 11) is 0. The zero-order chi connectivity index (χ0) is 17.6. The largest absolute Gasteiger partial charge is 0.493 e. The summed E-state index contributed by atoms with van der Waals surface area (Å²) in [5.74, 6) is 0.951. The molecule has 0 aliphatic heterocycles. The van der Waals surface area contributed by atoms with Crippen LogP contribution in [0.3, 0.4) is 0 Å². The summed E-state index contributed by atoms with van der Waals surface area (Å²) in [5.41, 5.74) is 4.59. The highest BCUT2D eigenvalue weighted by Gasteiger charge is 2.05. The predicted molar refractivity (Wildman–Crippen MR) is 106 cm³/mol. The first-order chi connectivity index (χ1) is 12.9. The van der Waals surface area contributed by atoms with Crippen LogP contribution in [0.2, 0.25) is 0 Å². The van der Waals surface area contributed by atoms with Gasteiger partial charge in [0.05, 0.1) is 24.0 Å². The maximum Gasteiger partial charge on any atom is 0.127 e. The quantitative estimate of drug-likeness (QED) is 0.411. The molecule has 0 N–H and O–H groups in total. The smallest absolute Gasteiger partial charge is 0.127 e. The highest BCUT2D eigenvalue weighted by atomic mass is 16.5. The van der Waals surface area contributed by atoms with Crippen LogP contribution in [0.4, 0.5) is 0 Å². The molecule has 0 saturated heterocycles. The molecule has 0 aliphatic carbocycles. The Morgan fingerprint density at radius 1 is 0.769 bits per heavy atom. The van der Waals surface area contributed by atoms with Crippen LogP contribution in [-0.4, -0.2) is 16.2 Å². The van der Waals surface area contributed by atoms with Crippen molar-refractivity contribution in [2.24, 2.45) is 0 Å². The molecule has 4 rings (SSSR count). The third kappa shape index (κ3) is 3.62. The second kappa shape index (κ2) is 7.87. The van der Waals surface area contributed by atoms with E-state index in [2.05, 4.69) is 64.1 Å². The van der Waals surface area contributed by atoms with Crippen molar-refractivity contribution < 1.29 is 4.74 Å². The lowest BCUT2D eigenvalue weighted by Gasteiger charge is -2.12. The molecular formula is C23H22N2O. The van der Waals surface area contributed by atoms with Crippen LogP contribution in [0, 0.1) is 0 Å². The second-order valence-corrected chi connectivity index (χ2v) is 6.34. The van der Waals surface area contributed by atoms with E-state index in [4.69, 9.17) is 4.74 Å². The van der Waals surface area contributed by atoms with Gasteiger partial charge in [-0.15, -0.1) is 0 Å². The Labute approximate surface area is 153 Å². The average Bonchev–Trinajstić information content (AvgIpc) is 3.12. The van der Waals surface area contributed by atoms with Crippen molar-refractivity contribution in [3.05, 3.63) is 85.2 Å². The number of rotatable bonds is 7. The van der Waals surface area contributed by atoms with Crippen molar-refractivity contribution in [1.29, 1.82) is 0 Å². The lowest BCUT2D eigenvalue weighted by molar-refractivity contribution is 0.304. The maximum atomic E-state index is 6.07. The number of fused-ring (bicyclic) bond motifs is 1. The third-order valence-corrected chi connectivity index (χ3v) is 4.55. The van der Waals surface area contributed by atoms with Crippen LogP contribution in [0.25, 0.3) is 22.2 Å². The van der Waals surface area contributed by atoms with Gasteiger partial charge >= 0.3 is 0 Å². The number of nitrogens with zero attached hydrogens (tertiary/aromatic N) is 2. The molecule has 0 fully saturated rings. The average molecular weight is 342 g/mol. The topological polar surface area (TPSA) is 27.1 Å². The van der Waals surface area contributed by atoms with E-state index in [-0.39, 0.29) is 0 Å². The fraction of sp³-hybridized carbons (Fsp3) is 0.174. The summed E-state index contributed by atoms with van der Waals surface area (Å²) >= 11 is 0. The van der Waals surface area contributed by atoms with Crippen molar-refractivity contribution >= 4 is 11.0 Å². The van der Waals surface area contributed by atoms with Gasteiger partial charge in [0.1, 0.15) is 5.75 Å². The molecular weight excluding hydrogens is 320 g/mol. The Bertz CT molecular complexity index is 976. The first-order valence-corrected chi connectivity index (χ1v) is 9.09. The highest BCUT2D eigenvalue weighted by molar-refractivity contribution is 5.74. The Morgan fingerprint density at radius 3 is 2.46 bits per heavy atom. The molecule has 0 aliphatic rings. The van der Waals surface area contributed by atoms with Crippen molar-refractivity contribution in [1.82, 2.24) is 9.55 Å². The van der Waals surface area contributed by atoms with Gasteiger partial charge in [0.25, 0.3) is 0 Å². The van der Waals surface area contributed by atoms with Gasteiger partial charge in [-0.05, 0) is 36.6 Å². The van der Waals surface area contributed by atoms with E-state index in [0.29, 0.717) is 0 Å². The molecule has 0 bridgehead atoms. The van der Waals surface area contributed by atoms with E-state index in [0.717, 1.165) is 42.8 Å². The van der Waals surface area contributed by atoms with Gasteiger partial charge in [0.2, 0.25) is 0 Å². The first-order valence-electron chi connectivity index (χ1n) is 9.09. The van der Waals surface area contributed by atoms with Crippen molar-refractivity contribution in [2.75, 3.05) is 6.61 Å². The van der Waals surface area contributed by atoms with Gasteiger partial charge < -0.3 is 9.30 Å². The summed E-state index contributed by atoms with van der Waals surface area (Å²) in [6.45, 7) is 1.68. The van der Waals surface area contributed by atoms with Crippen LogP contribution in [-0.2, 0) is 6.54 Å². The van der Waals surface area contributed by atoms with Crippen LogP contribution >= 0.6 is 0 Å². The minimum atomic E-state index is 0.719. The van der Waals surface area contributed by atoms with E-state index in [1.165, 1.54) is 11.1 Å². The Balaban J connectivity index is 1.33. The van der Waals surface area contributed by atoms with Gasteiger partial charge in [-0.25, -0.2) is 4.98 Å². The monoisotopic (exact) mass is 342 g/mol. The van der Waals surface area contributed by atoms with E-state index < -0.39 is 0 Å². The SMILES string of the molecule is c1ccc(-c2ccccc2OCCCCn2cnc3ccccc32)cc1. The van der Waals surface area contributed by atoms with Crippen molar-refractivity contribution in [3.63, 3.8) is 0 Å². The summed E-state index contributed by atoms with van der Waals surface area (Å²) in [4.78, 5) is 4.44. The zero-order valence-electron chi connectivity index (χ0n) is 14.7. The Kier molecular flexibility index (Phi) is 4.97. The van der Waals surface area contributed by atoms with Gasteiger partial charge in [0.15, 0.2) is 0 Å². The minimum Gasteiger partial charge on any atom is -0.493 e. The van der Waals surface area contributed by atoms with Gasteiger partial charge in [-0.1, -0.05) is 60.7 Å². The lowest BCUT2D eigenvalue weighted by Crippen LogP contribution is -2.02. The summed E-state index contributed by atoms with van der Waals surface area (Å²) in [6.07, 6.45) is 4.00. The molecule has 3 nitrogen and oxygen atoms in total. The van der Waals surface area contributed by atoms with E-state index >= 15 is 0 Å². The van der Waals surface area contributed by atoms with E-state index in [1.54, 1.807) is 0 Å². The molecule has 3 aromatic carbocycles. The summed E-state index contributed by atoms with van der Waals surface area (Å²) in [6, 6.07) is 26.9. The Hall–Kier alpha value is -3.07. The molecule has 0 radical (unpaired) electrons. The zero-order valence-corrected chi connectivity index (χ0v) is 14.7. The lowest BCUT2D eigenvalue weighted by atomic mass is 10.1. The molecule has 0 saturated carbocycles. The second-order valence-electron chi connectivity index (χ2n) is 6.34. The number of aromatic nitrogens is 2. The normalized spacial score (nSPS) is 10.9. The molecule has 4 aromatic rings. The maximum absolute atomic E-state index is 6.07. The molecule has 0 amide bonds. The van der Waals surface area contributed by atoms with Crippen LogP contribution in [0.15, 0.2) is 85.2 Å². The number of hydrogen-bond donors (Lipinski definition) is 0. The molecule has 0 unspecified atom stereocenters. The molecule has 0 atom stereocenters. The molecule has 0 spiro atoms. The molecule has 26 heavy (non-hydrogen) atoms. The van der Waals surface area contributed by atoms with Gasteiger partial charge in [-0.3, -0.25) is 0 Å². The molecule has 3 heteroatoms. The van der Waals surface area contributed by atoms with E-state index in [9.17, 15) is 0 Å². The van der Waals surface area contributed by atoms with Gasteiger partial charge in [0, 0.05) is 12.1 Å². The standard InChI is InChI=1S/C23H22N2O/c1-2-10-19(11-3-1)20-12-4-7-15-23(20)26-17-9-8-16-25-18-24-21-13-5-6-14-22(21)25/h1-7,10-15,18H,8-9,16-17H2. The fourth-order valence-corrected chi connectivity index (χ4v) is 3.20. The van der Waals surface area contributed by atoms with Gasteiger partial charge in [-0.2, -0.15) is 0 Å². The summed E-state index contributed by atoms with van der Waals surface area (Å²) < 4.78 is 8.29. The number of unbranched alkanes of at least 4 members (excludes halogenated alkanes) is 1. The number of aryl methyl sites for hydroxylation is 1. The molecule has 130 valence electrons. The third-order valence-electron chi connectivity index (χ3n) is 4.55. The number of benzene rings is 3. The summed E-state index contributed by atoms with van der Waals surface area (Å²) in [5, 5.41) is 0. The van der Waals surface area contributed by atoms with Crippen LogP contribution < -0.4 is 4.74 Å². The van der Waals surface area contributed by atoms with Crippen molar-refractivity contribution in [2.45, 2.75) is 19.4 Å². The van der Waals surface area contributed by atoms with E-state index in [1.807, 2.05) is 30.6 Å². The minimum absolute atomic E-state index is 0.719. The number of ether oxygens (including phenoxy) is 1. The number of hydrogen-bond acceptors (Lipinski definition) is 2. The van der Waals surface area contributed by atoms with Crippen molar-refractivity contribution in [3.8, 4) is 16.9 Å².